The number of hydrogen-bond donors (Lipinski definition) is 1. The quantitative estimate of drug-likeness (QED) is 0.746. The number of rotatable bonds is 3. The number of benzene rings is 1. The number of hydrogen-bond acceptors (Lipinski definition) is 3. The summed E-state index contributed by atoms with van der Waals surface area (Å²) in [5.74, 6) is -1.24. The molecule has 0 saturated heterocycles. The van der Waals surface area contributed by atoms with Crippen molar-refractivity contribution in [2.45, 2.75) is 13.5 Å². The van der Waals surface area contributed by atoms with Crippen molar-refractivity contribution in [3.05, 3.63) is 35.1 Å². The average molecular weight is 197 g/mol. The highest BCUT2D eigenvalue weighted by Crippen LogP contribution is 2.11. The fourth-order valence-corrected chi connectivity index (χ4v) is 1.06. The molecule has 2 N–H and O–H groups in total. The molecular weight excluding hydrogens is 185 g/mol. The summed E-state index contributed by atoms with van der Waals surface area (Å²) in [6, 6.07) is 4.17. The summed E-state index contributed by atoms with van der Waals surface area (Å²) >= 11 is 0. The molecule has 0 radical (unpaired) electrons. The lowest BCUT2D eigenvalue weighted by molar-refractivity contribution is 0.0521. The van der Waals surface area contributed by atoms with E-state index in [2.05, 4.69) is 4.74 Å². The van der Waals surface area contributed by atoms with E-state index in [1.165, 1.54) is 18.2 Å². The summed E-state index contributed by atoms with van der Waals surface area (Å²) < 4.78 is 17.8. The van der Waals surface area contributed by atoms with Gasteiger partial charge in [-0.25, -0.2) is 9.18 Å². The number of carbonyl (C=O) groups excluding carboxylic acids is 1. The highest BCUT2D eigenvalue weighted by molar-refractivity contribution is 5.89. The summed E-state index contributed by atoms with van der Waals surface area (Å²) in [4.78, 5) is 11.2. The van der Waals surface area contributed by atoms with Crippen molar-refractivity contribution >= 4 is 5.97 Å². The second-order valence-electron chi connectivity index (χ2n) is 2.74. The molecule has 0 unspecified atom stereocenters. The first-order chi connectivity index (χ1) is 6.69. The van der Waals surface area contributed by atoms with Gasteiger partial charge in [-0.2, -0.15) is 0 Å². The van der Waals surface area contributed by atoms with E-state index in [1.54, 1.807) is 6.92 Å². The minimum atomic E-state index is -0.653. The summed E-state index contributed by atoms with van der Waals surface area (Å²) in [5, 5.41) is 0. The van der Waals surface area contributed by atoms with Gasteiger partial charge in [-0.1, -0.05) is 6.07 Å². The molecule has 0 saturated carbocycles. The van der Waals surface area contributed by atoms with E-state index >= 15 is 0 Å². The molecule has 0 fully saturated rings. The number of halogens is 1. The van der Waals surface area contributed by atoms with E-state index < -0.39 is 11.8 Å². The second kappa shape index (κ2) is 4.72. The maximum Gasteiger partial charge on any atom is 0.341 e. The van der Waals surface area contributed by atoms with Gasteiger partial charge in [0.1, 0.15) is 5.82 Å². The molecule has 0 aliphatic carbocycles. The highest BCUT2D eigenvalue weighted by Gasteiger charge is 2.12. The molecule has 3 nitrogen and oxygen atoms in total. The summed E-state index contributed by atoms with van der Waals surface area (Å²) in [5.41, 5.74) is 6.01. The van der Waals surface area contributed by atoms with Crippen molar-refractivity contribution in [1.82, 2.24) is 0 Å². The van der Waals surface area contributed by atoms with Crippen LogP contribution in [0.5, 0.6) is 0 Å². The van der Waals surface area contributed by atoms with Gasteiger partial charge in [-0.05, 0) is 24.6 Å². The average Bonchev–Trinajstić information content (AvgIpc) is 2.19. The minimum Gasteiger partial charge on any atom is -0.462 e. The van der Waals surface area contributed by atoms with E-state index in [1.807, 2.05) is 0 Å². The Labute approximate surface area is 81.7 Å². The number of carbonyl (C=O) groups is 1. The molecule has 76 valence electrons. The third-order valence-electron chi connectivity index (χ3n) is 1.76. The van der Waals surface area contributed by atoms with Gasteiger partial charge in [-0.3, -0.25) is 0 Å². The summed E-state index contributed by atoms with van der Waals surface area (Å²) in [7, 11) is 0. The van der Waals surface area contributed by atoms with Gasteiger partial charge >= 0.3 is 5.97 Å². The fraction of sp³-hybridized carbons (Fsp3) is 0.300. The van der Waals surface area contributed by atoms with Gasteiger partial charge in [-0.15, -0.1) is 0 Å². The van der Waals surface area contributed by atoms with Crippen molar-refractivity contribution in [3.63, 3.8) is 0 Å². The van der Waals surface area contributed by atoms with Crippen LogP contribution in [0, 0.1) is 5.82 Å². The van der Waals surface area contributed by atoms with Crippen molar-refractivity contribution in [2.24, 2.45) is 5.73 Å². The summed E-state index contributed by atoms with van der Waals surface area (Å²) in [6.07, 6.45) is 0. The monoisotopic (exact) mass is 197 g/mol. The van der Waals surface area contributed by atoms with Crippen LogP contribution in [0.4, 0.5) is 4.39 Å². The number of nitrogens with two attached hydrogens (primary N) is 1. The van der Waals surface area contributed by atoms with E-state index in [4.69, 9.17) is 5.73 Å². The van der Waals surface area contributed by atoms with Gasteiger partial charge in [0.2, 0.25) is 0 Å². The largest absolute Gasteiger partial charge is 0.462 e. The van der Waals surface area contributed by atoms with E-state index in [9.17, 15) is 9.18 Å². The van der Waals surface area contributed by atoms with Crippen LogP contribution in [-0.2, 0) is 11.3 Å². The Kier molecular flexibility index (Phi) is 3.59. The topological polar surface area (TPSA) is 52.3 Å². The third kappa shape index (κ3) is 2.29. The van der Waals surface area contributed by atoms with Gasteiger partial charge < -0.3 is 10.5 Å². The van der Waals surface area contributed by atoms with E-state index in [0.717, 1.165) is 0 Å². The zero-order valence-corrected chi connectivity index (χ0v) is 7.92. The molecule has 0 amide bonds. The molecule has 0 aliphatic rings. The summed E-state index contributed by atoms with van der Waals surface area (Å²) in [6.45, 7) is 2.17. The van der Waals surface area contributed by atoms with Gasteiger partial charge in [0.25, 0.3) is 0 Å². The van der Waals surface area contributed by atoms with Gasteiger partial charge in [0.15, 0.2) is 0 Å². The second-order valence-corrected chi connectivity index (χ2v) is 2.74. The minimum absolute atomic E-state index is 0.0604. The van der Waals surface area contributed by atoms with Crippen LogP contribution >= 0.6 is 0 Å². The Balaban J connectivity index is 2.99. The molecule has 1 aromatic rings. The van der Waals surface area contributed by atoms with Crippen LogP contribution in [0.2, 0.25) is 0 Å². The maximum atomic E-state index is 13.1. The number of esters is 1. The lowest BCUT2D eigenvalue weighted by Gasteiger charge is -2.04. The molecule has 14 heavy (non-hydrogen) atoms. The molecule has 1 aromatic carbocycles. The van der Waals surface area contributed by atoms with E-state index in [0.29, 0.717) is 5.56 Å². The highest BCUT2D eigenvalue weighted by atomic mass is 19.1. The molecule has 0 atom stereocenters. The zero-order chi connectivity index (χ0) is 10.6. The molecule has 0 aromatic heterocycles. The molecule has 0 heterocycles. The molecule has 0 bridgehead atoms. The Bertz CT molecular complexity index is 339. The van der Waals surface area contributed by atoms with Crippen LogP contribution in [-0.4, -0.2) is 12.6 Å². The molecule has 0 spiro atoms. The van der Waals surface area contributed by atoms with Crippen LogP contribution in [0.25, 0.3) is 0 Å². The molecule has 4 heteroatoms. The predicted molar refractivity (Wildman–Crippen MR) is 50.2 cm³/mol. The van der Waals surface area contributed by atoms with E-state index in [-0.39, 0.29) is 18.7 Å². The van der Waals surface area contributed by atoms with Crippen LogP contribution in [0.15, 0.2) is 18.2 Å². The molecular formula is C10H12FNO2. The van der Waals surface area contributed by atoms with Crippen molar-refractivity contribution in [2.75, 3.05) is 6.61 Å². The smallest absolute Gasteiger partial charge is 0.341 e. The normalized spacial score (nSPS) is 9.93. The number of ether oxygens (including phenoxy) is 1. The fourth-order valence-electron chi connectivity index (χ4n) is 1.06. The van der Waals surface area contributed by atoms with Gasteiger partial charge in [0.05, 0.1) is 12.2 Å². The third-order valence-corrected chi connectivity index (χ3v) is 1.76. The Morgan fingerprint density at radius 3 is 2.86 bits per heavy atom. The first-order valence-corrected chi connectivity index (χ1v) is 4.34. The Morgan fingerprint density at radius 1 is 1.57 bits per heavy atom. The van der Waals surface area contributed by atoms with Gasteiger partial charge in [0, 0.05) is 6.54 Å². The van der Waals surface area contributed by atoms with Crippen LogP contribution in [0.3, 0.4) is 0 Å². The van der Waals surface area contributed by atoms with Crippen molar-refractivity contribution < 1.29 is 13.9 Å². The van der Waals surface area contributed by atoms with Crippen molar-refractivity contribution in [3.8, 4) is 0 Å². The lowest BCUT2D eigenvalue weighted by Crippen LogP contribution is -2.08. The van der Waals surface area contributed by atoms with Crippen LogP contribution in [0.1, 0.15) is 22.8 Å². The lowest BCUT2D eigenvalue weighted by atomic mass is 10.1. The zero-order valence-electron chi connectivity index (χ0n) is 7.92. The SMILES string of the molecule is CCOC(=O)c1cc(CN)ccc1F. The molecule has 1 rings (SSSR count). The van der Waals surface area contributed by atoms with Crippen LogP contribution < -0.4 is 5.73 Å². The first kappa shape index (κ1) is 10.7. The predicted octanol–water partition coefficient (Wildman–Crippen LogP) is 1.46. The standard InChI is InChI=1S/C10H12FNO2/c1-2-14-10(13)8-5-7(6-12)3-4-9(8)11/h3-5H,2,6,12H2,1H3. The Hall–Kier alpha value is -1.42. The first-order valence-electron chi connectivity index (χ1n) is 4.34. The molecule has 0 aliphatic heterocycles. The Morgan fingerprint density at radius 2 is 2.29 bits per heavy atom. The van der Waals surface area contributed by atoms with Crippen molar-refractivity contribution in [1.29, 1.82) is 0 Å². The maximum absolute atomic E-state index is 13.1.